The lowest BCUT2D eigenvalue weighted by molar-refractivity contribution is -0.899. The molecule has 0 bridgehead atoms. The first kappa shape index (κ1) is 19.8. The molecule has 1 amide bonds. The molecule has 1 heterocycles. The van der Waals surface area contributed by atoms with Crippen LogP contribution in [-0.2, 0) is 19.6 Å². The van der Waals surface area contributed by atoms with Crippen molar-refractivity contribution in [3.8, 4) is 0 Å². The molecule has 0 atom stereocenters. The van der Waals surface area contributed by atoms with Crippen LogP contribution in [-0.4, -0.2) is 64.6 Å². The fraction of sp³-hybridized carbons (Fsp3) is 0.588. The van der Waals surface area contributed by atoms with Crippen molar-refractivity contribution in [2.24, 2.45) is 0 Å². The third-order valence-electron chi connectivity index (χ3n) is 4.41. The van der Waals surface area contributed by atoms with Crippen LogP contribution in [0.25, 0.3) is 0 Å². The largest absolute Gasteiger partial charge is 0.370 e. The van der Waals surface area contributed by atoms with Gasteiger partial charge < -0.3 is 15.0 Å². The minimum Gasteiger partial charge on any atom is -0.370 e. The summed E-state index contributed by atoms with van der Waals surface area (Å²) >= 11 is 0. The summed E-state index contributed by atoms with van der Waals surface area (Å²) in [6.07, 6.45) is 0. The molecule has 0 radical (unpaired) electrons. The SMILES string of the molecule is CCN(CC)S(=O)(=O)c1cc(NC(=O)C[NH+]2CCOCC2)ccc1C. The van der Waals surface area contributed by atoms with Crippen molar-refractivity contribution < 1.29 is 22.8 Å². The van der Waals surface area contributed by atoms with E-state index in [1.54, 1.807) is 25.1 Å². The molecular formula is C17H28N3O4S+. The molecule has 25 heavy (non-hydrogen) atoms. The van der Waals surface area contributed by atoms with Crippen LogP contribution >= 0.6 is 0 Å². The van der Waals surface area contributed by atoms with E-state index in [2.05, 4.69) is 5.32 Å². The smallest absolute Gasteiger partial charge is 0.279 e. The predicted octanol–water partition coefficient (Wildman–Crippen LogP) is -0.121. The Kier molecular flexibility index (Phi) is 6.95. The molecule has 2 rings (SSSR count). The third-order valence-corrected chi connectivity index (χ3v) is 6.60. The number of rotatable bonds is 7. The molecule has 0 aromatic heterocycles. The van der Waals surface area contributed by atoms with E-state index < -0.39 is 10.0 Å². The summed E-state index contributed by atoms with van der Waals surface area (Å²) in [5.74, 6) is -0.119. The van der Waals surface area contributed by atoms with Gasteiger partial charge >= 0.3 is 0 Å². The Labute approximate surface area is 150 Å². The molecule has 0 spiro atoms. The van der Waals surface area contributed by atoms with E-state index in [9.17, 15) is 13.2 Å². The monoisotopic (exact) mass is 370 g/mol. The third kappa shape index (κ3) is 5.01. The first-order chi connectivity index (χ1) is 11.9. The highest BCUT2D eigenvalue weighted by molar-refractivity contribution is 7.89. The van der Waals surface area contributed by atoms with Gasteiger partial charge in [-0.25, -0.2) is 8.42 Å². The molecule has 1 fully saturated rings. The highest BCUT2D eigenvalue weighted by Crippen LogP contribution is 2.23. The Morgan fingerprint density at radius 3 is 2.48 bits per heavy atom. The second kappa shape index (κ2) is 8.75. The Morgan fingerprint density at radius 2 is 1.88 bits per heavy atom. The average molecular weight is 370 g/mol. The lowest BCUT2D eigenvalue weighted by Gasteiger charge is -2.23. The first-order valence-electron chi connectivity index (χ1n) is 8.70. The number of amides is 1. The van der Waals surface area contributed by atoms with Gasteiger partial charge in [0.15, 0.2) is 6.54 Å². The van der Waals surface area contributed by atoms with E-state index in [4.69, 9.17) is 4.74 Å². The number of anilines is 1. The van der Waals surface area contributed by atoms with Crippen LogP contribution in [0.5, 0.6) is 0 Å². The van der Waals surface area contributed by atoms with Crippen molar-refractivity contribution in [2.45, 2.75) is 25.7 Å². The highest BCUT2D eigenvalue weighted by atomic mass is 32.2. The number of ether oxygens (including phenoxy) is 1. The summed E-state index contributed by atoms with van der Waals surface area (Å²) in [6.45, 7) is 9.52. The van der Waals surface area contributed by atoms with Crippen LogP contribution in [0.4, 0.5) is 5.69 Å². The van der Waals surface area contributed by atoms with Crippen LogP contribution in [0.1, 0.15) is 19.4 Å². The second-order valence-corrected chi connectivity index (χ2v) is 8.06. The van der Waals surface area contributed by atoms with Crippen LogP contribution < -0.4 is 10.2 Å². The van der Waals surface area contributed by atoms with Gasteiger partial charge in [-0.15, -0.1) is 0 Å². The molecule has 7 nitrogen and oxygen atoms in total. The van der Waals surface area contributed by atoms with Crippen molar-refractivity contribution >= 4 is 21.6 Å². The van der Waals surface area contributed by atoms with Gasteiger partial charge in [0.1, 0.15) is 13.1 Å². The van der Waals surface area contributed by atoms with Gasteiger partial charge in [0, 0.05) is 18.8 Å². The van der Waals surface area contributed by atoms with Crippen molar-refractivity contribution in [3.63, 3.8) is 0 Å². The summed E-state index contributed by atoms with van der Waals surface area (Å²) in [5, 5.41) is 2.82. The standard InChI is InChI=1S/C17H27N3O4S/c1-4-20(5-2)25(22,23)16-12-15(7-6-14(16)3)18-17(21)13-19-8-10-24-11-9-19/h6-7,12H,4-5,8-11,13H2,1-3H3,(H,18,21)/p+1. The van der Waals surface area contributed by atoms with Gasteiger partial charge in [-0.1, -0.05) is 19.9 Å². The molecule has 0 unspecified atom stereocenters. The van der Waals surface area contributed by atoms with Crippen molar-refractivity contribution in [1.29, 1.82) is 0 Å². The lowest BCUT2D eigenvalue weighted by atomic mass is 10.2. The zero-order chi connectivity index (χ0) is 18.4. The molecule has 1 aromatic rings. The number of aryl methyl sites for hydroxylation is 1. The molecule has 0 saturated carbocycles. The molecule has 1 aliphatic heterocycles. The molecule has 2 N–H and O–H groups in total. The lowest BCUT2D eigenvalue weighted by Crippen LogP contribution is -3.15. The van der Waals surface area contributed by atoms with E-state index in [0.717, 1.165) is 13.1 Å². The molecule has 1 saturated heterocycles. The second-order valence-electron chi connectivity index (χ2n) is 6.16. The number of hydrogen-bond donors (Lipinski definition) is 2. The van der Waals surface area contributed by atoms with E-state index in [1.807, 2.05) is 13.8 Å². The Morgan fingerprint density at radius 1 is 1.24 bits per heavy atom. The summed E-state index contributed by atoms with van der Waals surface area (Å²) in [5.41, 5.74) is 1.18. The molecule has 1 aromatic carbocycles. The molecular weight excluding hydrogens is 342 g/mol. The fourth-order valence-electron chi connectivity index (χ4n) is 2.93. The number of nitrogens with zero attached hydrogens (tertiary/aromatic N) is 1. The maximum absolute atomic E-state index is 12.8. The van der Waals surface area contributed by atoms with Gasteiger partial charge in [0.05, 0.1) is 18.1 Å². The molecule has 0 aliphatic carbocycles. The Hall–Kier alpha value is -1.48. The van der Waals surface area contributed by atoms with Crippen LogP contribution in [0, 0.1) is 6.92 Å². The maximum atomic E-state index is 12.8. The van der Waals surface area contributed by atoms with Gasteiger partial charge in [-0.2, -0.15) is 4.31 Å². The quantitative estimate of drug-likeness (QED) is 0.701. The zero-order valence-corrected chi connectivity index (χ0v) is 16.0. The van der Waals surface area contributed by atoms with Crippen molar-refractivity contribution in [2.75, 3.05) is 51.3 Å². The predicted molar refractivity (Wildman–Crippen MR) is 96.3 cm³/mol. The summed E-state index contributed by atoms with van der Waals surface area (Å²) < 4.78 is 32.2. The number of benzene rings is 1. The van der Waals surface area contributed by atoms with Crippen LogP contribution in [0.15, 0.2) is 23.1 Å². The van der Waals surface area contributed by atoms with E-state index in [-0.39, 0.29) is 10.8 Å². The zero-order valence-electron chi connectivity index (χ0n) is 15.2. The number of morpholine rings is 1. The number of hydrogen-bond acceptors (Lipinski definition) is 4. The Bertz CT molecular complexity index is 696. The van der Waals surface area contributed by atoms with E-state index >= 15 is 0 Å². The van der Waals surface area contributed by atoms with Gasteiger partial charge in [0.25, 0.3) is 5.91 Å². The van der Waals surface area contributed by atoms with Gasteiger partial charge in [-0.3, -0.25) is 4.79 Å². The van der Waals surface area contributed by atoms with Gasteiger partial charge in [0.2, 0.25) is 10.0 Å². The van der Waals surface area contributed by atoms with Crippen molar-refractivity contribution in [1.82, 2.24) is 4.31 Å². The Balaban J connectivity index is 2.14. The maximum Gasteiger partial charge on any atom is 0.279 e. The topological polar surface area (TPSA) is 80.2 Å². The number of carbonyl (C=O) groups is 1. The van der Waals surface area contributed by atoms with Crippen molar-refractivity contribution in [3.05, 3.63) is 23.8 Å². The van der Waals surface area contributed by atoms with E-state index in [1.165, 1.54) is 9.21 Å². The number of quaternary nitrogens is 1. The summed E-state index contributed by atoms with van der Waals surface area (Å²) in [6, 6.07) is 5.02. The number of nitrogens with one attached hydrogen (secondary N) is 2. The molecule has 140 valence electrons. The number of sulfonamides is 1. The van der Waals surface area contributed by atoms with E-state index in [0.29, 0.717) is 44.1 Å². The fourth-order valence-corrected chi connectivity index (χ4v) is 4.64. The summed E-state index contributed by atoms with van der Waals surface area (Å²) in [4.78, 5) is 13.7. The van der Waals surface area contributed by atoms with Crippen LogP contribution in [0.3, 0.4) is 0 Å². The first-order valence-corrected chi connectivity index (χ1v) is 10.1. The highest BCUT2D eigenvalue weighted by Gasteiger charge is 2.24. The molecule has 8 heteroatoms. The summed E-state index contributed by atoms with van der Waals surface area (Å²) in [7, 11) is -3.56. The van der Waals surface area contributed by atoms with Crippen LogP contribution in [0.2, 0.25) is 0 Å². The average Bonchev–Trinajstić information content (AvgIpc) is 2.58. The minimum absolute atomic E-state index is 0.119. The normalized spacial score (nSPS) is 16.2. The van der Waals surface area contributed by atoms with Gasteiger partial charge in [-0.05, 0) is 24.6 Å². The number of carbonyl (C=O) groups excluding carboxylic acids is 1. The minimum atomic E-state index is -3.56. The molecule has 1 aliphatic rings.